The van der Waals surface area contributed by atoms with Crippen molar-refractivity contribution >= 4 is 5.97 Å². The molecule has 0 heterocycles. The first kappa shape index (κ1) is 20.2. The van der Waals surface area contributed by atoms with Crippen molar-refractivity contribution in [2.75, 3.05) is 0 Å². The molecule has 2 nitrogen and oxygen atoms in total. The van der Waals surface area contributed by atoms with Crippen LogP contribution >= 0.6 is 0 Å². The summed E-state index contributed by atoms with van der Waals surface area (Å²) in [7, 11) is 0. The number of allylic oxidation sites excluding steroid dienone is 10. The maximum absolute atomic E-state index is 10.3. The van der Waals surface area contributed by atoms with Crippen LogP contribution in [0.3, 0.4) is 0 Å². The fourth-order valence-electron chi connectivity index (χ4n) is 1.78. The van der Waals surface area contributed by atoms with Gasteiger partial charge in [0, 0.05) is 6.42 Å². The Morgan fingerprint density at radius 2 is 1.18 bits per heavy atom. The fraction of sp³-hybridized carbons (Fsp3) is 0.450. The highest BCUT2D eigenvalue weighted by Gasteiger charge is 1.93. The molecule has 0 bridgehead atoms. The summed E-state index contributed by atoms with van der Waals surface area (Å²) in [6.45, 7) is 2.04. The summed E-state index contributed by atoms with van der Waals surface area (Å²) in [5, 5.41) is 8.50. The standard InChI is InChI=1S/C20H30O2/c1-2-3-4-5-6-7-8-9-10-11-12-13-14-15-16-17-18-19-20(21)22/h2-3,5-6,8-9,11-12,14-15H,4,7,10,13,16-19H2,1H3,(H,21,22). The van der Waals surface area contributed by atoms with Gasteiger partial charge >= 0.3 is 5.97 Å². The van der Waals surface area contributed by atoms with Gasteiger partial charge in [-0.05, 0) is 51.9 Å². The van der Waals surface area contributed by atoms with Crippen molar-refractivity contribution in [3.05, 3.63) is 60.8 Å². The highest BCUT2D eigenvalue weighted by molar-refractivity contribution is 5.66. The molecule has 0 atom stereocenters. The predicted molar refractivity (Wildman–Crippen MR) is 95.9 cm³/mol. The maximum Gasteiger partial charge on any atom is 0.303 e. The monoisotopic (exact) mass is 302 g/mol. The molecular weight excluding hydrogens is 272 g/mol. The molecule has 0 saturated carbocycles. The molecule has 22 heavy (non-hydrogen) atoms. The maximum atomic E-state index is 10.3. The zero-order valence-corrected chi connectivity index (χ0v) is 13.8. The van der Waals surface area contributed by atoms with Gasteiger partial charge in [0.15, 0.2) is 0 Å². The number of carboxylic acid groups (broad SMARTS) is 1. The van der Waals surface area contributed by atoms with Crippen molar-refractivity contribution in [3.8, 4) is 0 Å². The first-order valence-corrected chi connectivity index (χ1v) is 8.20. The third kappa shape index (κ3) is 18.2. The Morgan fingerprint density at radius 3 is 1.64 bits per heavy atom. The molecular formula is C20H30O2. The molecule has 1 N–H and O–H groups in total. The minimum Gasteiger partial charge on any atom is -0.481 e. The molecule has 0 aromatic carbocycles. The first-order valence-electron chi connectivity index (χ1n) is 8.20. The Hall–Kier alpha value is -1.83. The second-order valence-electron chi connectivity index (χ2n) is 5.04. The van der Waals surface area contributed by atoms with Gasteiger partial charge in [0.1, 0.15) is 0 Å². The fourth-order valence-corrected chi connectivity index (χ4v) is 1.78. The molecule has 0 saturated heterocycles. The van der Waals surface area contributed by atoms with E-state index in [4.69, 9.17) is 5.11 Å². The molecule has 0 spiro atoms. The second kappa shape index (κ2) is 17.2. The van der Waals surface area contributed by atoms with Crippen LogP contribution in [-0.4, -0.2) is 11.1 Å². The Balaban J connectivity index is 3.43. The SMILES string of the molecule is CC=CCC=CCC=CCC=CCC=CCCCCC(=O)O. The van der Waals surface area contributed by atoms with Crippen LogP contribution in [-0.2, 0) is 4.79 Å². The summed E-state index contributed by atoms with van der Waals surface area (Å²) in [5.41, 5.74) is 0. The Morgan fingerprint density at radius 1 is 0.727 bits per heavy atom. The van der Waals surface area contributed by atoms with Crippen molar-refractivity contribution in [1.82, 2.24) is 0 Å². The molecule has 0 unspecified atom stereocenters. The number of aliphatic carboxylic acids is 1. The average Bonchev–Trinajstić information content (AvgIpc) is 2.50. The zero-order chi connectivity index (χ0) is 16.3. The number of hydrogen-bond acceptors (Lipinski definition) is 1. The highest BCUT2D eigenvalue weighted by Crippen LogP contribution is 2.01. The minimum absolute atomic E-state index is 0.282. The van der Waals surface area contributed by atoms with E-state index in [1.807, 2.05) is 6.92 Å². The number of rotatable bonds is 13. The van der Waals surface area contributed by atoms with Crippen LogP contribution in [0.2, 0.25) is 0 Å². The van der Waals surface area contributed by atoms with E-state index in [1.165, 1.54) is 0 Å². The summed E-state index contributed by atoms with van der Waals surface area (Å²) in [5.74, 6) is -0.701. The molecule has 0 fully saturated rings. The largest absolute Gasteiger partial charge is 0.481 e. The summed E-state index contributed by atoms with van der Waals surface area (Å²) in [6, 6.07) is 0. The van der Waals surface area contributed by atoms with Crippen LogP contribution in [0.25, 0.3) is 0 Å². The van der Waals surface area contributed by atoms with Gasteiger partial charge in [-0.3, -0.25) is 4.79 Å². The molecule has 0 aromatic rings. The molecule has 0 aliphatic heterocycles. The first-order chi connectivity index (χ1) is 10.8. The van der Waals surface area contributed by atoms with Gasteiger partial charge in [-0.1, -0.05) is 60.8 Å². The number of carboxylic acids is 1. The molecule has 122 valence electrons. The summed E-state index contributed by atoms with van der Waals surface area (Å²) in [4.78, 5) is 10.3. The third-order valence-corrected chi connectivity index (χ3v) is 3.00. The smallest absolute Gasteiger partial charge is 0.303 e. The van der Waals surface area contributed by atoms with E-state index in [1.54, 1.807) is 0 Å². The third-order valence-electron chi connectivity index (χ3n) is 3.00. The van der Waals surface area contributed by atoms with Gasteiger partial charge in [0.2, 0.25) is 0 Å². The van der Waals surface area contributed by atoms with Crippen LogP contribution in [0, 0.1) is 0 Å². The van der Waals surface area contributed by atoms with E-state index in [9.17, 15) is 4.79 Å². The quantitative estimate of drug-likeness (QED) is 0.335. The second-order valence-corrected chi connectivity index (χ2v) is 5.04. The van der Waals surface area contributed by atoms with Crippen molar-refractivity contribution < 1.29 is 9.90 Å². The lowest BCUT2D eigenvalue weighted by molar-refractivity contribution is -0.137. The normalized spacial score (nSPS) is 12.8. The minimum atomic E-state index is -0.701. The van der Waals surface area contributed by atoms with Crippen molar-refractivity contribution in [2.24, 2.45) is 0 Å². The van der Waals surface area contributed by atoms with Crippen LogP contribution in [0.1, 0.15) is 58.3 Å². The van der Waals surface area contributed by atoms with Crippen molar-refractivity contribution in [3.63, 3.8) is 0 Å². The van der Waals surface area contributed by atoms with Gasteiger partial charge in [0.05, 0.1) is 0 Å². The van der Waals surface area contributed by atoms with E-state index in [0.29, 0.717) is 0 Å². The van der Waals surface area contributed by atoms with Gasteiger partial charge < -0.3 is 5.11 Å². The molecule has 0 aliphatic carbocycles. The summed E-state index contributed by atoms with van der Waals surface area (Å²) in [6.07, 6.45) is 28.5. The van der Waals surface area contributed by atoms with Crippen LogP contribution in [0.5, 0.6) is 0 Å². The zero-order valence-electron chi connectivity index (χ0n) is 13.8. The molecule has 0 aliphatic rings. The van der Waals surface area contributed by atoms with E-state index in [-0.39, 0.29) is 6.42 Å². The van der Waals surface area contributed by atoms with E-state index >= 15 is 0 Å². The molecule has 0 radical (unpaired) electrons. The lowest BCUT2D eigenvalue weighted by atomic mass is 10.2. The molecule has 0 rings (SSSR count). The van der Waals surface area contributed by atoms with Crippen LogP contribution in [0.15, 0.2) is 60.8 Å². The van der Waals surface area contributed by atoms with E-state index in [0.717, 1.165) is 44.9 Å². The van der Waals surface area contributed by atoms with Crippen molar-refractivity contribution in [2.45, 2.75) is 58.3 Å². The van der Waals surface area contributed by atoms with Crippen LogP contribution in [0.4, 0.5) is 0 Å². The lowest BCUT2D eigenvalue weighted by Gasteiger charge is -1.92. The lowest BCUT2D eigenvalue weighted by Crippen LogP contribution is -1.92. The van der Waals surface area contributed by atoms with Crippen molar-refractivity contribution in [1.29, 1.82) is 0 Å². The van der Waals surface area contributed by atoms with E-state index in [2.05, 4.69) is 60.8 Å². The molecule has 0 amide bonds. The average molecular weight is 302 g/mol. The predicted octanol–water partition coefficient (Wildman–Crippen LogP) is 5.99. The Labute approximate surface area is 135 Å². The van der Waals surface area contributed by atoms with Gasteiger partial charge in [-0.15, -0.1) is 0 Å². The molecule has 0 aromatic heterocycles. The Kier molecular flexibility index (Phi) is 15.8. The molecule has 2 heteroatoms. The number of carbonyl (C=O) groups is 1. The topological polar surface area (TPSA) is 37.3 Å². The van der Waals surface area contributed by atoms with Gasteiger partial charge in [-0.25, -0.2) is 0 Å². The number of unbranched alkanes of at least 4 members (excludes halogenated alkanes) is 2. The summed E-state index contributed by atoms with van der Waals surface area (Å²) >= 11 is 0. The highest BCUT2D eigenvalue weighted by atomic mass is 16.4. The van der Waals surface area contributed by atoms with Gasteiger partial charge in [-0.2, -0.15) is 0 Å². The number of hydrogen-bond donors (Lipinski definition) is 1. The van der Waals surface area contributed by atoms with Gasteiger partial charge in [0.25, 0.3) is 0 Å². The Bertz CT molecular complexity index is 398. The van der Waals surface area contributed by atoms with E-state index < -0.39 is 5.97 Å². The summed E-state index contributed by atoms with van der Waals surface area (Å²) < 4.78 is 0. The van der Waals surface area contributed by atoms with Crippen LogP contribution < -0.4 is 0 Å².